The first kappa shape index (κ1) is 17.0. The number of halogens is 1. The summed E-state index contributed by atoms with van der Waals surface area (Å²) >= 11 is 0. The van der Waals surface area contributed by atoms with Crippen LogP contribution in [-0.4, -0.2) is 31.0 Å². The van der Waals surface area contributed by atoms with E-state index in [-0.39, 0.29) is 36.7 Å². The summed E-state index contributed by atoms with van der Waals surface area (Å²) in [5, 5.41) is 2.80. The molecular weight excluding hydrogens is 323 g/mol. The van der Waals surface area contributed by atoms with Crippen LogP contribution in [0.1, 0.15) is 12.0 Å². The molecule has 5 nitrogen and oxygen atoms in total. The van der Waals surface area contributed by atoms with E-state index in [0.717, 1.165) is 5.56 Å². The van der Waals surface area contributed by atoms with E-state index in [0.29, 0.717) is 18.0 Å². The number of benzene rings is 2. The minimum absolute atomic E-state index is 0.100. The maximum atomic E-state index is 13.0. The summed E-state index contributed by atoms with van der Waals surface area (Å²) in [6.07, 6.45) is 0.216. The van der Waals surface area contributed by atoms with E-state index in [9.17, 15) is 14.0 Å². The largest absolute Gasteiger partial charge is 0.484 e. The fourth-order valence-electron chi connectivity index (χ4n) is 2.80. The van der Waals surface area contributed by atoms with Crippen LogP contribution in [0, 0.1) is 12.7 Å². The Hall–Kier alpha value is -2.89. The van der Waals surface area contributed by atoms with Crippen LogP contribution in [0.2, 0.25) is 0 Å². The summed E-state index contributed by atoms with van der Waals surface area (Å²) in [5.74, 6) is -0.101. The zero-order valence-corrected chi connectivity index (χ0v) is 13.9. The van der Waals surface area contributed by atoms with Gasteiger partial charge in [-0.25, -0.2) is 4.39 Å². The van der Waals surface area contributed by atoms with E-state index < -0.39 is 0 Å². The van der Waals surface area contributed by atoms with Crippen LogP contribution >= 0.6 is 0 Å². The highest BCUT2D eigenvalue weighted by Gasteiger charge is 2.31. The van der Waals surface area contributed by atoms with Gasteiger partial charge in [-0.15, -0.1) is 0 Å². The number of rotatable bonds is 5. The quantitative estimate of drug-likeness (QED) is 0.908. The maximum absolute atomic E-state index is 13.0. The second-order valence-electron chi connectivity index (χ2n) is 6.05. The van der Waals surface area contributed by atoms with Crippen molar-refractivity contribution in [2.24, 2.45) is 0 Å². The molecule has 0 spiro atoms. The first-order valence-electron chi connectivity index (χ1n) is 8.06. The molecule has 0 aliphatic carbocycles. The van der Waals surface area contributed by atoms with E-state index in [1.54, 1.807) is 23.1 Å². The van der Waals surface area contributed by atoms with Crippen LogP contribution in [0.3, 0.4) is 0 Å². The van der Waals surface area contributed by atoms with E-state index >= 15 is 0 Å². The van der Waals surface area contributed by atoms with Gasteiger partial charge >= 0.3 is 0 Å². The number of amides is 2. The van der Waals surface area contributed by atoms with Gasteiger partial charge in [0.05, 0.1) is 6.04 Å². The van der Waals surface area contributed by atoms with Crippen LogP contribution in [0.5, 0.6) is 5.75 Å². The maximum Gasteiger partial charge on any atom is 0.258 e. The normalized spacial score (nSPS) is 16.8. The number of aryl methyl sites for hydroxylation is 1. The van der Waals surface area contributed by atoms with Crippen LogP contribution in [0.4, 0.5) is 10.1 Å². The molecule has 130 valence electrons. The molecule has 2 aromatic rings. The molecule has 6 heteroatoms. The Bertz CT molecular complexity index is 776. The molecule has 3 rings (SSSR count). The Morgan fingerprint density at radius 1 is 1.28 bits per heavy atom. The van der Waals surface area contributed by atoms with Crippen molar-refractivity contribution >= 4 is 17.5 Å². The lowest BCUT2D eigenvalue weighted by atomic mass is 10.2. The smallest absolute Gasteiger partial charge is 0.258 e. The minimum Gasteiger partial charge on any atom is -0.484 e. The van der Waals surface area contributed by atoms with Crippen molar-refractivity contribution < 1.29 is 18.7 Å². The van der Waals surface area contributed by atoms with Gasteiger partial charge < -0.3 is 15.0 Å². The summed E-state index contributed by atoms with van der Waals surface area (Å²) in [7, 11) is 0. The number of anilines is 1. The monoisotopic (exact) mass is 342 g/mol. The van der Waals surface area contributed by atoms with E-state index in [1.807, 2.05) is 25.1 Å². The molecule has 1 aliphatic rings. The molecule has 25 heavy (non-hydrogen) atoms. The van der Waals surface area contributed by atoms with E-state index in [1.165, 1.54) is 12.1 Å². The molecule has 0 aromatic heterocycles. The molecule has 0 radical (unpaired) electrons. The van der Waals surface area contributed by atoms with Crippen LogP contribution in [-0.2, 0) is 9.59 Å². The summed E-state index contributed by atoms with van der Waals surface area (Å²) in [5.41, 5.74) is 1.67. The summed E-state index contributed by atoms with van der Waals surface area (Å²) in [4.78, 5) is 25.7. The Labute approximate surface area is 145 Å². The van der Waals surface area contributed by atoms with Crippen molar-refractivity contribution in [3.8, 4) is 5.75 Å². The van der Waals surface area contributed by atoms with Crippen molar-refractivity contribution in [3.63, 3.8) is 0 Å². The molecule has 0 saturated carbocycles. The number of ether oxygens (including phenoxy) is 1. The first-order valence-corrected chi connectivity index (χ1v) is 8.06. The van der Waals surface area contributed by atoms with Crippen molar-refractivity contribution in [2.75, 3.05) is 18.1 Å². The van der Waals surface area contributed by atoms with Gasteiger partial charge in [-0.3, -0.25) is 9.59 Å². The van der Waals surface area contributed by atoms with Gasteiger partial charge in [-0.1, -0.05) is 12.1 Å². The number of hydrogen-bond donors (Lipinski definition) is 1. The average Bonchev–Trinajstić information content (AvgIpc) is 2.94. The first-order chi connectivity index (χ1) is 12.0. The topological polar surface area (TPSA) is 58.6 Å². The van der Waals surface area contributed by atoms with Crippen LogP contribution < -0.4 is 15.0 Å². The number of hydrogen-bond acceptors (Lipinski definition) is 3. The van der Waals surface area contributed by atoms with Crippen molar-refractivity contribution in [2.45, 2.75) is 19.4 Å². The molecule has 2 aromatic carbocycles. The lowest BCUT2D eigenvalue weighted by Gasteiger charge is -2.17. The fraction of sp³-hybridized carbons (Fsp3) is 0.263. The molecule has 2 amide bonds. The third kappa shape index (κ3) is 4.35. The average molecular weight is 342 g/mol. The third-order valence-corrected chi connectivity index (χ3v) is 3.99. The number of carbonyl (C=O) groups excluding carboxylic acids is 2. The van der Waals surface area contributed by atoms with Gasteiger partial charge in [0.2, 0.25) is 5.91 Å². The second kappa shape index (κ2) is 7.34. The molecule has 1 heterocycles. The Balaban J connectivity index is 1.52. The molecule has 1 saturated heterocycles. The van der Waals surface area contributed by atoms with Gasteiger partial charge in [0.15, 0.2) is 6.61 Å². The van der Waals surface area contributed by atoms with Crippen LogP contribution in [0.15, 0.2) is 48.5 Å². The van der Waals surface area contributed by atoms with Gasteiger partial charge in [0.1, 0.15) is 11.6 Å². The van der Waals surface area contributed by atoms with E-state index in [2.05, 4.69) is 5.32 Å². The SMILES string of the molecule is Cc1cccc(OCC(=O)NC2CC(=O)N(c3ccc(F)cc3)C2)c1. The molecule has 1 unspecified atom stereocenters. The Kier molecular flexibility index (Phi) is 4.97. The number of carbonyl (C=O) groups is 2. The molecular formula is C19H19FN2O3. The molecule has 1 atom stereocenters. The van der Waals surface area contributed by atoms with Gasteiger partial charge in [-0.2, -0.15) is 0 Å². The van der Waals surface area contributed by atoms with Crippen molar-refractivity contribution in [1.82, 2.24) is 5.32 Å². The second-order valence-corrected chi connectivity index (χ2v) is 6.05. The Morgan fingerprint density at radius 3 is 2.76 bits per heavy atom. The predicted molar refractivity (Wildman–Crippen MR) is 92.0 cm³/mol. The van der Waals surface area contributed by atoms with Crippen LogP contribution in [0.25, 0.3) is 0 Å². The summed E-state index contributed by atoms with van der Waals surface area (Å²) in [6, 6.07) is 12.9. The molecule has 0 bridgehead atoms. The lowest BCUT2D eigenvalue weighted by Crippen LogP contribution is -2.39. The van der Waals surface area contributed by atoms with Crippen molar-refractivity contribution in [3.05, 3.63) is 59.9 Å². The Morgan fingerprint density at radius 2 is 2.04 bits per heavy atom. The number of nitrogens with zero attached hydrogens (tertiary/aromatic N) is 1. The highest BCUT2D eigenvalue weighted by atomic mass is 19.1. The lowest BCUT2D eigenvalue weighted by molar-refractivity contribution is -0.123. The minimum atomic E-state index is -0.353. The van der Waals surface area contributed by atoms with Crippen molar-refractivity contribution in [1.29, 1.82) is 0 Å². The van der Waals surface area contributed by atoms with Gasteiger partial charge in [0, 0.05) is 18.7 Å². The van der Waals surface area contributed by atoms with Gasteiger partial charge in [-0.05, 0) is 48.9 Å². The third-order valence-electron chi connectivity index (χ3n) is 3.99. The van der Waals surface area contributed by atoms with E-state index in [4.69, 9.17) is 4.74 Å². The highest BCUT2D eigenvalue weighted by molar-refractivity contribution is 5.96. The fourth-order valence-corrected chi connectivity index (χ4v) is 2.80. The summed E-state index contributed by atoms with van der Waals surface area (Å²) in [6.45, 7) is 2.20. The molecule has 1 N–H and O–H groups in total. The van der Waals surface area contributed by atoms with Gasteiger partial charge in [0.25, 0.3) is 5.91 Å². The zero-order chi connectivity index (χ0) is 17.8. The molecule has 1 aliphatic heterocycles. The number of nitrogens with one attached hydrogen (secondary N) is 1. The summed E-state index contributed by atoms with van der Waals surface area (Å²) < 4.78 is 18.5. The predicted octanol–water partition coefficient (Wildman–Crippen LogP) is 2.43. The standard InChI is InChI=1S/C19H19FN2O3/c1-13-3-2-4-17(9-13)25-12-18(23)21-15-10-19(24)22(11-15)16-7-5-14(20)6-8-16/h2-9,15H,10-12H2,1H3,(H,21,23). The molecule has 1 fully saturated rings. The highest BCUT2D eigenvalue weighted by Crippen LogP contribution is 2.21. The zero-order valence-electron chi connectivity index (χ0n) is 13.9.